The Morgan fingerprint density at radius 2 is 1.56 bits per heavy atom. The van der Waals surface area contributed by atoms with Crippen LogP contribution >= 0.6 is 0 Å². The Labute approximate surface area is 372 Å². The summed E-state index contributed by atoms with van der Waals surface area (Å²) >= 11 is 0. The highest BCUT2D eigenvalue weighted by Crippen LogP contribution is 2.41. The first-order valence-electron chi connectivity index (χ1n) is 21.7. The average molecular weight is 901 g/mol. The predicted molar refractivity (Wildman–Crippen MR) is 231 cm³/mol. The van der Waals surface area contributed by atoms with Crippen LogP contribution < -0.4 is 20.3 Å². The lowest BCUT2D eigenvalue weighted by Crippen LogP contribution is -2.54. The third-order valence-electron chi connectivity index (χ3n) is 10.9. The molecule has 350 valence electrons. The van der Waals surface area contributed by atoms with Gasteiger partial charge < -0.3 is 44.0 Å². The molecule has 0 saturated carbocycles. The van der Waals surface area contributed by atoms with Gasteiger partial charge in [0.05, 0.1) is 81.7 Å². The minimum absolute atomic E-state index is 0.0833. The number of piperidine rings is 1. The highest BCUT2D eigenvalue weighted by molar-refractivity contribution is 5.89. The Morgan fingerprint density at radius 1 is 0.906 bits per heavy atom. The molecule has 14 nitrogen and oxygen atoms in total. The standard InChI is InChI=1S/C46H60F4N6O8/c1-5-63-40-9-7-6-8-37(40)41-38(47)29-35(31-53-41)45(13-17-56(18-14-45)39-11-10-34(46(48,49)50)28-33(39)30-51)42(57)54-36-12-16-55(32-36)19-21-60-23-25-62-27-26-61-24-22-59-20-15-52-43(58)64-44(2,3)4/h6-11,28-29,31,36H,5,12-27,32H2,1-4H3,(H,52,58)(H,54,57)/t36-/m1/s1. The molecule has 2 aliphatic heterocycles. The zero-order chi connectivity index (χ0) is 46.2. The van der Waals surface area contributed by atoms with E-state index < -0.39 is 34.7 Å². The molecule has 0 radical (unpaired) electrons. The Balaban J connectivity index is 1.09. The zero-order valence-corrected chi connectivity index (χ0v) is 37.1. The number of benzene rings is 2. The topological polar surface area (TPSA) is 157 Å². The van der Waals surface area contributed by atoms with Gasteiger partial charge in [0.1, 0.15) is 28.9 Å². The number of hydrogen-bond acceptors (Lipinski definition) is 12. The fraction of sp³-hybridized carbons (Fsp3) is 0.565. The maximum atomic E-state index is 16.1. The molecule has 1 atom stereocenters. The van der Waals surface area contributed by atoms with Crippen molar-refractivity contribution in [2.75, 3.05) is 104 Å². The smallest absolute Gasteiger partial charge is 0.416 e. The van der Waals surface area contributed by atoms with Crippen LogP contribution in [0.15, 0.2) is 54.7 Å². The van der Waals surface area contributed by atoms with Crippen LogP contribution in [-0.2, 0) is 40.1 Å². The summed E-state index contributed by atoms with van der Waals surface area (Å²) in [6, 6.07) is 13.1. The normalized spacial score (nSPS) is 16.6. The van der Waals surface area contributed by atoms with Crippen molar-refractivity contribution < 1.29 is 55.6 Å². The number of rotatable bonds is 22. The maximum Gasteiger partial charge on any atom is 0.416 e. The molecule has 3 heterocycles. The maximum absolute atomic E-state index is 16.1. The summed E-state index contributed by atoms with van der Waals surface area (Å²) in [4.78, 5) is 34.6. The molecule has 3 aromatic rings. The average Bonchev–Trinajstić information content (AvgIpc) is 3.71. The number of carbonyl (C=O) groups excluding carboxylic acids is 2. The minimum atomic E-state index is -4.61. The van der Waals surface area contributed by atoms with E-state index in [4.69, 9.17) is 28.4 Å². The first kappa shape index (κ1) is 49.9. The van der Waals surface area contributed by atoms with Crippen LogP contribution in [-0.4, -0.2) is 132 Å². The first-order chi connectivity index (χ1) is 30.6. The van der Waals surface area contributed by atoms with Gasteiger partial charge >= 0.3 is 12.3 Å². The van der Waals surface area contributed by atoms with Gasteiger partial charge in [-0.25, -0.2) is 9.18 Å². The number of alkyl carbamates (subject to hydrolysis) is 1. The summed E-state index contributed by atoms with van der Waals surface area (Å²) < 4.78 is 89.7. The zero-order valence-electron chi connectivity index (χ0n) is 37.1. The largest absolute Gasteiger partial charge is 0.493 e. The van der Waals surface area contributed by atoms with Crippen LogP contribution in [0.2, 0.25) is 0 Å². The Morgan fingerprint density at radius 3 is 2.19 bits per heavy atom. The second-order valence-electron chi connectivity index (χ2n) is 16.5. The minimum Gasteiger partial charge on any atom is -0.493 e. The summed E-state index contributed by atoms with van der Waals surface area (Å²) in [5, 5.41) is 15.6. The molecule has 2 fully saturated rings. The van der Waals surface area contributed by atoms with Crippen LogP contribution in [0, 0.1) is 17.1 Å². The van der Waals surface area contributed by atoms with Crippen molar-refractivity contribution in [3.05, 3.63) is 77.2 Å². The second-order valence-corrected chi connectivity index (χ2v) is 16.5. The number of halogens is 4. The molecule has 2 amide bonds. The Hall–Kier alpha value is -5.06. The molecule has 0 bridgehead atoms. The van der Waals surface area contributed by atoms with Gasteiger partial charge in [-0.3, -0.25) is 14.7 Å². The molecule has 5 rings (SSSR count). The second kappa shape index (κ2) is 23.7. The van der Waals surface area contributed by atoms with E-state index in [0.717, 1.165) is 18.7 Å². The first-order valence-corrected chi connectivity index (χ1v) is 21.7. The molecule has 1 aromatic heterocycles. The molecular weight excluding hydrogens is 841 g/mol. The summed E-state index contributed by atoms with van der Waals surface area (Å²) in [6.07, 6.45) is -2.47. The van der Waals surface area contributed by atoms with Gasteiger partial charge in [0.25, 0.3) is 0 Å². The van der Waals surface area contributed by atoms with E-state index >= 15 is 4.39 Å². The van der Waals surface area contributed by atoms with Crippen molar-refractivity contribution in [3.8, 4) is 23.1 Å². The summed E-state index contributed by atoms with van der Waals surface area (Å²) in [5.41, 5.74) is -1.51. The highest BCUT2D eigenvalue weighted by atomic mass is 19.4. The number of ether oxygens (including phenoxy) is 6. The molecule has 18 heteroatoms. The van der Waals surface area contributed by atoms with Gasteiger partial charge in [0.2, 0.25) is 5.91 Å². The molecule has 2 saturated heterocycles. The monoisotopic (exact) mass is 900 g/mol. The Kier molecular flexibility index (Phi) is 18.5. The SMILES string of the molecule is CCOc1ccccc1-c1ncc(C2(C(=O)N[C@@H]3CCN(CCOCCOCCOCCOCCNC(=O)OC(C)(C)C)C3)CCN(c3ccc(C(F)(F)F)cc3C#N)CC2)cc1F. The van der Waals surface area contributed by atoms with Gasteiger partial charge in [-0.15, -0.1) is 0 Å². The number of nitrogens with zero attached hydrogens (tertiary/aromatic N) is 4. The number of pyridine rings is 1. The van der Waals surface area contributed by atoms with Gasteiger partial charge in [0, 0.05) is 57.1 Å². The van der Waals surface area contributed by atoms with E-state index in [0.29, 0.717) is 108 Å². The quantitative estimate of drug-likeness (QED) is 0.0836. The number of para-hydroxylation sites is 1. The lowest BCUT2D eigenvalue weighted by atomic mass is 9.72. The van der Waals surface area contributed by atoms with Crippen molar-refractivity contribution in [2.45, 2.75) is 70.2 Å². The van der Waals surface area contributed by atoms with Crippen LogP contribution in [0.4, 0.5) is 28.0 Å². The van der Waals surface area contributed by atoms with Crippen molar-refractivity contribution >= 4 is 17.7 Å². The van der Waals surface area contributed by atoms with E-state index in [1.54, 1.807) is 49.9 Å². The Bertz CT molecular complexity index is 2020. The van der Waals surface area contributed by atoms with Crippen molar-refractivity contribution in [1.29, 1.82) is 5.26 Å². The van der Waals surface area contributed by atoms with Crippen molar-refractivity contribution in [3.63, 3.8) is 0 Å². The van der Waals surface area contributed by atoms with Crippen LogP contribution in [0.3, 0.4) is 0 Å². The summed E-state index contributed by atoms with van der Waals surface area (Å²) in [5.74, 6) is -0.429. The van der Waals surface area contributed by atoms with E-state index in [-0.39, 0.29) is 49.1 Å². The molecule has 64 heavy (non-hydrogen) atoms. The number of nitriles is 1. The fourth-order valence-electron chi connectivity index (χ4n) is 7.67. The van der Waals surface area contributed by atoms with Gasteiger partial charge in [0.15, 0.2) is 0 Å². The van der Waals surface area contributed by atoms with E-state index in [1.807, 2.05) is 13.0 Å². The van der Waals surface area contributed by atoms with Gasteiger partial charge in [-0.1, -0.05) is 12.1 Å². The lowest BCUT2D eigenvalue weighted by Gasteiger charge is -2.42. The van der Waals surface area contributed by atoms with E-state index in [9.17, 15) is 28.0 Å². The van der Waals surface area contributed by atoms with Crippen LogP contribution in [0.25, 0.3) is 11.3 Å². The summed E-state index contributed by atoms with van der Waals surface area (Å²) in [6.45, 7) is 13.6. The number of hydrogen-bond donors (Lipinski definition) is 2. The predicted octanol–water partition coefficient (Wildman–Crippen LogP) is 6.50. The number of likely N-dealkylation sites (tertiary alicyclic amines) is 1. The molecule has 2 N–H and O–H groups in total. The lowest BCUT2D eigenvalue weighted by molar-refractivity contribution is -0.137. The third-order valence-corrected chi connectivity index (χ3v) is 10.9. The molecule has 0 spiro atoms. The number of nitrogens with one attached hydrogen (secondary N) is 2. The molecule has 2 aliphatic rings. The number of anilines is 1. The number of aromatic nitrogens is 1. The molecule has 0 unspecified atom stereocenters. The van der Waals surface area contributed by atoms with Crippen LogP contribution in [0.5, 0.6) is 5.75 Å². The fourth-order valence-corrected chi connectivity index (χ4v) is 7.67. The number of alkyl halides is 3. The molecular formula is C46H60F4N6O8. The van der Waals surface area contributed by atoms with E-state index in [2.05, 4.69) is 20.5 Å². The van der Waals surface area contributed by atoms with Crippen molar-refractivity contribution in [1.82, 2.24) is 20.5 Å². The van der Waals surface area contributed by atoms with Gasteiger partial charge in [-0.2, -0.15) is 18.4 Å². The van der Waals surface area contributed by atoms with E-state index in [1.165, 1.54) is 18.3 Å². The van der Waals surface area contributed by atoms with Gasteiger partial charge in [-0.05, 0) is 88.9 Å². The third kappa shape index (κ3) is 14.5. The van der Waals surface area contributed by atoms with Crippen LogP contribution in [0.1, 0.15) is 63.6 Å². The number of carbonyl (C=O) groups is 2. The van der Waals surface area contributed by atoms with Crippen molar-refractivity contribution in [2.24, 2.45) is 0 Å². The molecule has 2 aromatic carbocycles. The number of amides is 2. The summed E-state index contributed by atoms with van der Waals surface area (Å²) in [7, 11) is 0. The highest BCUT2D eigenvalue weighted by Gasteiger charge is 2.45. The molecule has 0 aliphatic carbocycles.